The summed E-state index contributed by atoms with van der Waals surface area (Å²) < 4.78 is 11.9. The van der Waals surface area contributed by atoms with Crippen LogP contribution in [0, 0.1) is 6.92 Å². The third-order valence-corrected chi connectivity index (χ3v) is 6.02. The number of nitrogens with one attached hydrogen (secondary N) is 1. The van der Waals surface area contributed by atoms with E-state index >= 15 is 0 Å². The quantitative estimate of drug-likeness (QED) is 0.821. The van der Waals surface area contributed by atoms with Crippen LogP contribution in [-0.4, -0.2) is 67.4 Å². The highest BCUT2D eigenvalue weighted by Crippen LogP contribution is 2.22. The number of pyridine rings is 1. The van der Waals surface area contributed by atoms with Crippen LogP contribution in [0.4, 0.5) is 0 Å². The lowest BCUT2D eigenvalue weighted by Crippen LogP contribution is -2.54. The van der Waals surface area contributed by atoms with Gasteiger partial charge in [-0.3, -0.25) is 9.78 Å². The van der Waals surface area contributed by atoms with Gasteiger partial charge in [-0.05, 0) is 47.7 Å². The molecule has 2 fully saturated rings. The second-order valence-corrected chi connectivity index (χ2v) is 7.63. The van der Waals surface area contributed by atoms with Crippen LogP contribution in [0.1, 0.15) is 35.2 Å². The van der Waals surface area contributed by atoms with Gasteiger partial charge in [0.25, 0.3) is 5.91 Å². The van der Waals surface area contributed by atoms with E-state index in [1.54, 1.807) is 19.5 Å². The van der Waals surface area contributed by atoms with E-state index in [9.17, 15) is 4.79 Å². The summed E-state index contributed by atoms with van der Waals surface area (Å²) in [6, 6.07) is 0.758. The van der Waals surface area contributed by atoms with Gasteiger partial charge in [-0.25, -0.2) is 0 Å². The van der Waals surface area contributed by atoms with Gasteiger partial charge in [0, 0.05) is 55.8 Å². The average molecular weight is 412 g/mol. The van der Waals surface area contributed by atoms with Crippen molar-refractivity contribution >= 4 is 21.8 Å². The zero-order chi connectivity index (χ0) is 17.8. The van der Waals surface area contributed by atoms with Crippen molar-refractivity contribution in [3.05, 3.63) is 28.0 Å². The zero-order valence-electron chi connectivity index (χ0n) is 14.8. The lowest BCUT2D eigenvalue weighted by molar-refractivity contribution is -0.0533. The number of carbonyl (C=O) groups is 1. The van der Waals surface area contributed by atoms with Crippen LogP contribution in [0.15, 0.2) is 16.9 Å². The molecule has 0 aromatic carbocycles. The van der Waals surface area contributed by atoms with E-state index in [1.165, 1.54) is 0 Å². The van der Waals surface area contributed by atoms with Gasteiger partial charge < -0.3 is 19.7 Å². The Morgan fingerprint density at radius 3 is 2.84 bits per heavy atom. The highest BCUT2D eigenvalue weighted by molar-refractivity contribution is 9.10. The average Bonchev–Trinajstić information content (AvgIpc) is 2.64. The van der Waals surface area contributed by atoms with Crippen molar-refractivity contribution in [2.24, 2.45) is 0 Å². The molecule has 1 amide bonds. The SMILES string of the molecule is COC1COCCC1NC1CCN(C(=O)c2cncc(Br)c2C)CC1. The maximum atomic E-state index is 12.8. The Labute approximate surface area is 157 Å². The van der Waals surface area contributed by atoms with Crippen molar-refractivity contribution in [1.82, 2.24) is 15.2 Å². The Kier molecular flexibility index (Phi) is 6.44. The molecule has 0 bridgehead atoms. The second-order valence-electron chi connectivity index (χ2n) is 6.77. The van der Waals surface area contributed by atoms with Gasteiger partial charge >= 0.3 is 0 Å². The molecule has 0 spiro atoms. The van der Waals surface area contributed by atoms with Crippen molar-refractivity contribution in [1.29, 1.82) is 0 Å². The van der Waals surface area contributed by atoms with E-state index < -0.39 is 0 Å². The third-order valence-electron chi connectivity index (χ3n) is 5.22. The van der Waals surface area contributed by atoms with Gasteiger partial charge in [-0.2, -0.15) is 0 Å². The Bertz CT molecular complexity index is 605. The van der Waals surface area contributed by atoms with E-state index in [-0.39, 0.29) is 12.0 Å². The Morgan fingerprint density at radius 2 is 2.12 bits per heavy atom. The minimum absolute atomic E-state index is 0.0746. The van der Waals surface area contributed by atoms with Crippen molar-refractivity contribution in [2.45, 2.75) is 44.4 Å². The molecule has 0 saturated carbocycles. The number of amides is 1. The molecule has 2 atom stereocenters. The molecule has 7 heteroatoms. The molecule has 2 saturated heterocycles. The first-order valence-electron chi connectivity index (χ1n) is 8.86. The van der Waals surface area contributed by atoms with Crippen LogP contribution < -0.4 is 5.32 Å². The molecule has 2 aliphatic rings. The number of ether oxygens (including phenoxy) is 2. The number of halogens is 1. The van der Waals surface area contributed by atoms with E-state index in [0.29, 0.717) is 24.3 Å². The molecule has 2 unspecified atom stereocenters. The van der Waals surface area contributed by atoms with Gasteiger partial charge in [0.2, 0.25) is 0 Å². The number of likely N-dealkylation sites (tertiary alicyclic amines) is 1. The predicted octanol–water partition coefficient (Wildman–Crippen LogP) is 2.15. The molecule has 25 heavy (non-hydrogen) atoms. The summed E-state index contributed by atoms with van der Waals surface area (Å²) in [5.74, 6) is 0.0746. The summed E-state index contributed by atoms with van der Waals surface area (Å²) in [4.78, 5) is 18.9. The molecule has 1 aromatic heterocycles. The van der Waals surface area contributed by atoms with Crippen LogP contribution in [-0.2, 0) is 9.47 Å². The number of hydrogen-bond acceptors (Lipinski definition) is 5. The number of piperidine rings is 1. The molecule has 3 heterocycles. The van der Waals surface area contributed by atoms with E-state index in [4.69, 9.17) is 9.47 Å². The maximum Gasteiger partial charge on any atom is 0.255 e. The fourth-order valence-corrected chi connectivity index (χ4v) is 3.90. The number of methoxy groups -OCH3 is 1. The normalized spacial score (nSPS) is 25.2. The number of carbonyl (C=O) groups excluding carboxylic acids is 1. The number of nitrogens with zero attached hydrogens (tertiary/aromatic N) is 2. The van der Waals surface area contributed by atoms with Crippen molar-refractivity contribution in [3.8, 4) is 0 Å². The first-order valence-corrected chi connectivity index (χ1v) is 9.65. The van der Waals surface area contributed by atoms with Crippen LogP contribution in [0.5, 0.6) is 0 Å². The van der Waals surface area contributed by atoms with Gasteiger partial charge in [0.15, 0.2) is 0 Å². The first-order chi connectivity index (χ1) is 12.1. The van der Waals surface area contributed by atoms with Crippen LogP contribution >= 0.6 is 15.9 Å². The Morgan fingerprint density at radius 1 is 1.36 bits per heavy atom. The summed E-state index contributed by atoms with van der Waals surface area (Å²) in [6.45, 7) is 4.92. The third kappa shape index (κ3) is 4.39. The maximum absolute atomic E-state index is 12.8. The van der Waals surface area contributed by atoms with E-state index in [2.05, 4.69) is 26.2 Å². The summed E-state index contributed by atoms with van der Waals surface area (Å²) in [6.07, 6.45) is 6.39. The summed E-state index contributed by atoms with van der Waals surface area (Å²) >= 11 is 3.45. The van der Waals surface area contributed by atoms with Crippen LogP contribution in [0.25, 0.3) is 0 Å². The van der Waals surface area contributed by atoms with Crippen molar-refractivity contribution in [2.75, 3.05) is 33.4 Å². The van der Waals surface area contributed by atoms with Crippen LogP contribution in [0.3, 0.4) is 0 Å². The summed E-state index contributed by atoms with van der Waals surface area (Å²) in [5, 5.41) is 3.72. The lowest BCUT2D eigenvalue weighted by atomic mass is 9.99. The highest BCUT2D eigenvalue weighted by atomic mass is 79.9. The van der Waals surface area contributed by atoms with Gasteiger partial charge in [0.1, 0.15) is 0 Å². The van der Waals surface area contributed by atoms with Crippen molar-refractivity contribution in [3.63, 3.8) is 0 Å². The van der Waals surface area contributed by atoms with Crippen molar-refractivity contribution < 1.29 is 14.3 Å². The fraction of sp³-hybridized carbons (Fsp3) is 0.667. The number of rotatable bonds is 4. The van der Waals surface area contributed by atoms with Gasteiger partial charge in [-0.1, -0.05) is 0 Å². The Balaban J connectivity index is 1.54. The molecule has 0 aliphatic carbocycles. The van der Waals surface area contributed by atoms with E-state index in [1.807, 2.05) is 11.8 Å². The first kappa shape index (κ1) is 18.8. The minimum Gasteiger partial charge on any atom is -0.379 e. The second kappa shape index (κ2) is 8.58. The molecule has 1 aromatic rings. The monoisotopic (exact) mass is 411 g/mol. The smallest absolute Gasteiger partial charge is 0.255 e. The molecule has 1 N–H and O–H groups in total. The minimum atomic E-state index is 0.0746. The van der Waals surface area contributed by atoms with Gasteiger partial charge in [-0.15, -0.1) is 0 Å². The summed E-state index contributed by atoms with van der Waals surface area (Å²) in [5.41, 5.74) is 1.63. The molecular formula is C18H26BrN3O3. The topological polar surface area (TPSA) is 63.7 Å². The van der Waals surface area contributed by atoms with E-state index in [0.717, 1.165) is 49.0 Å². The number of hydrogen-bond donors (Lipinski definition) is 1. The van der Waals surface area contributed by atoms with Crippen LogP contribution in [0.2, 0.25) is 0 Å². The summed E-state index contributed by atoms with van der Waals surface area (Å²) in [7, 11) is 1.74. The largest absolute Gasteiger partial charge is 0.379 e. The predicted molar refractivity (Wildman–Crippen MR) is 98.8 cm³/mol. The molecule has 2 aliphatic heterocycles. The fourth-order valence-electron chi connectivity index (χ4n) is 3.57. The molecular weight excluding hydrogens is 386 g/mol. The van der Waals surface area contributed by atoms with Gasteiger partial charge in [0.05, 0.1) is 18.3 Å². The Hall–Kier alpha value is -1.02. The molecule has 6 nitrogen and oxygen atoms in total. The zero-order valence-corrected chi connectivity index (χ0v) is 16.4. The molecule has 3 rings (SSSR count). The molecule has 138 valence electrons. The lowest BCUT2D eigenvalue weighted by Gasteiger charge is -2.38. The highest BCUT2D eigenvalue weighted by Gasteiger charge is 2.30. The standard InChI is InChI=1S/C18H26BrN3O3/c1-12-14(9-20-10-15(12)19)18(23)22-6-3-13(4-7-22)21-16-5-8-25-11-17(16)24-2/h9-10,13,16-17,21H,3-8,11H2,1-2H3. The number of aromatic nitrogens is 1. The molecule has 0 radical (unpaired) electrons.